The van der Waals surface area contributed by atoms with Crippen LogP contribution in [0.1, 0.15) is 183 Å². The third kappa shape index (κ3) is 9.43. The maximum absolute atomic E-state index is 12.8. The van der Waals surface area contributed by atoms with Gasteiger partial charge < -0.3 is 4.74 Å². The summed E-state index contributed by atoms with van der Waals surface area (Å²) in [6.07, 6.45) is 36.7. The van der Waals surface area contributed by atoms with Crippen molar-refractivity contribution >= 4 is 5.97 Å². The number of esters is 1. The van der Waals surface area contributed by atoms with Gasteiger partial charge in [0.1, 0.15) is 6.10 Å². The first-order valence-electron chi connectivity index (χ1n) is 20.4. The summed E-state index contributed by atoms with van der Waals surface area (Å²) < 4.78 is 6.10. The van der Waals surface area contributed by atoms with Gasteiger partial charge in [0.2, 0.25) is 0 Å². The fourth-order valence-corrected chi connectivity index (χ4v) is 10.2. The minimum atomic E-state index is 0.0423. The number of carbonyl (C=O) groups excluding carboxylic acids is 1. The number of hydrogen-bond acceptors (Lipinski definition) is 2. The molecule has 8 atom stereocenters. The highest BCUT2D eigenvalue weighted by Crippen LogP contribution is 2.66. The molecule has 0 aromatic carbocycles. The molecule has 0 aliphatic heterocycles. The highest BCUT2D eigenvalue weighted by atomic mass is 16.5. The van der Waals surface area contributed by atoms with Crippen LogP contribution in [0.2, 0.25) is 0 Å². The lowest BCUT2D eigenvalue weighted by Gasteiger charge is -2.55. The number of ether oxygens (including phenoxy) is 1. The topological polar surface area (TPSA) is 26.3 Å². The van der Waals surface area contributed by atoms with Crippen molar-refractivity contribution in [1.29, 1.82) is 0 Å². The van der Waals surface area contributed by atoms with Crippen LogP contribution in [0.15, 0.2) is 35.5 Å². The van der Waals surface area contributed by atoms with Crippen molar-refractivity contribution in [2.45, 2.75) is 189 Å². The number of hydrogen-bond donors (Lipinski definition) is 0. The van der Waals surface area contributed by atoms with Gasteiger partial charge in [-0.3, -0.25) is 4.79 Å². The Balaban J connectivity index is 1.19. The molecule has 46 heavy (non-hydrogen) atoms. The van der Waals surface area contributed by atoms with Crippen molar-refractivity contribution in [3.8, 4) is 0 Å². The molecule has 0 bridgehead atoms. The third-order valence-electron chi connectivity index (χ3n) is 13.8. The van der Waals surface area contributed by atoms with Crippen LogP contribution in [0.25, 0.3) is 0 Å². The van der Waals surface area contributed by atoms with E-state index < -0.39 is 0 Å². The number of allylic oxidation sites excluding steroid dienone is 5. The Hall–Kier alpha value is -1.31. The van der Waals surface area contributed by atoms with Crippen LogP contribution < -0.4 is 0 Å². The Bertz CT molecular complexity index is 1030. The van der Waals surface area contributed by atoms with Crippen LogP contribution in [0, 0.1) is 46.3 Å². The molecule has 4 aliphatic rings. The van der Waals surface area contributed by atoms with Crippen molar-refractivity contribution in [1.82, 2.24) is 0 Å². The number of unbranched alkanes of at least 4 members (excludes halogenated alkanes) is 12. The lowest BCUT2D eigenvalue weighted by atomic mass is 9.50. The number of rotatable bonds is 19. The van der Waals surface area contributed by atoms with Gasteiger partial charge in [0.25, 0.3) is 0 Å². The first kappa shape index (κ1) is 37.5. The molecule has 2 nitrogen and oxygen atoms in total. The molecule has 2 heteroatoms. The molecule has 0 amide bonds. The first-order chi connectivity index (χ1) is 22.1. The van der Waals surface area contributed by atoms with Crippen LogP contribution in [-0.2, 0) is 9.53 Å². The van der Waals surface area contributed by atoms with Gasteiger partial charge in [0.15, 0.2) is 0 Å². The molecular weight excluding hydrogens is 560 g/mol. The van der Waals surface area contributed by atoms with Gasteiger partial charge in [0.05, 0.1) is 0 Å². The SMILES string of the molecule is CCCCCCCCCCCCCCCC(=O)O[C@H]1CC[C@@]2(C)C(=CC=C3[C@H]2CC[C@]2(C)[C@@H]([C@H](C)/C=C/[C@H](C)C(C)C)CC[C@@H]32)C1. The summed E-state index contributed by atoms with van der Waals surface area (Å²) in [5, 5.41) is 0. The zero-order valence-electron chi connectivity index (χ0n) is 31.5. The monoisotopic (exact) mass is 635 g/mol. The van der Waals surface area contributed by atoms with E-state index in [-0.39, 0.29) is 17.5 Å². The summed E-state index contributed by atoms with van der Waals surface area (Å²) >= 11 is 0. The van der Waals surface area contributed by atoms with Crippen LogP contribution in [-0.4, -0.2) is 12.1 Å². The Morgan fingerprint density at radius 2 is 1.41 bits per heavy atom. The molecule has 0 unspecified atom stereocenters. The molecule has 3 saturated carbocycles. The second-order valence-electron chi connectivity index (χ2n) is 17.3. The molecule has 0 radical (unpaired) electrons. The maximum Gasteiger partial charge on any atom is 0.306 e. The van der Waals surface area contributed by atoms with Gasteiger partial charge in [-0.25, -0.2) is 0 Å². The summed E-state index contributed by atoms with van der Waals surface area (Å²) in [5.74, 6) is 4.27. The van der Waals surface area contributed by atoms with E-state index in [1.165, 1.54) is 103 Å². The van der Waals surface area contributed by atoms with Gasteiger partial charge in [-0.2, -0.15) is 0 Å². The summed E-state index contributed by atoms with van der Waals surface area (Å²) in [6.45, 7) is 17.0. The van der Waals surface area contributed by atoms with E-state index >= 15 is 0 Å². The van der Waals surface area contributed by atoms with E-state index in [2.05, 4.69) is 72.8 Å². The van der Waals surface area contributed by atoms with Gasteiger partial charge >= 0.3 is 5.97 Å². The average Bonchev–Trinajstić information content (AvgIpc) is 3.39. The Kier molecular flexibility index (Phi) is 14.6. The number of fused-ring (bicyclic) bond motifs is 5. The van der Waals surface area contributed by atoms with E-state index in [0.717, 1.165) is 37.5 Å². The Labute approximate surface area is 286 Å². The van der Waals surface area contributed by atoms with Gasteiger partial charge in [-0.1, -0.05) is 161 Å². The van der Waals surface area contributed by atoms with Gasteiger partial charge in [-0.15, -0.1) is 0 Å². The Morgan fingerprint density at radius 3 is 2.04 bits per heavy atom. The summed E-state index contributed by atoms with van der Waals surface area (Å²) in [6, 6.07) is 0. The summed E-state index contributed by atoms with van der Waals surface area (Å²) in [7, 11) is 0. The summed E-state index contributed by atoms with van der Waals surface area (Å²) in [4.78, 5) is 12.8. The molecule has 0 aromatic rings. The molecule has 0 aromatic heterocycles. The molecule has 0 N–H and O–H groups in total. The van der Waals surface area contributed by atoms with Crippen molar-refractivity contribution in [2.75, 3.05) is 0 Å². The van der Waals surface area contributed by atoms with Crippen LogP contribution in [0.5, 0.6) is 0 Å². The fourth-order valence-electron chi connectivity index (χ4n) is 10.2. The quantitative estimate of drug-likeness (QED) is 0.0802. The van der Waals surface area contributed by atoms with Crippen molar-refractivity contribution in [3.05, 3.63) is 35.5 Å². The zero-order valence-corrected chi connectivity index (χ0v) is 31.5. The average molecular weight is 635 g/mol. The number of carbonyl (C=O) groups is 1. The normalized spacial score (nSPS) is 32.0. The maximum atomic E-state index is 12.8. The first-order valence-corrected chi connectivity index (χ1v) is 20.4. The predicted octanol–water partition coefficient (Wildman–Crippen LogP) is 13.4. The molecule has 4 rings (SSSR count). The minimum absolute atomic E-state index is 0.0423. The highest BCUT2D eigenvalue weighted by Gasteiger charge is 2.57. The largest absolute Gasteiger partial charge is 0.462 e. The lowest BCUT2D eigenvalue weighted by Crippen LogP contribution is -2.46. The van der Waals surface area contributed by atoms with E-state index in [1.807, 2.05) is 0 Å². The van der Waals surface area contributed by atoms with Crippen molar-refractivity contribution in [3.63, 3.8) is 0 Å². The Morgan fingerprint density at radius 1 is 0.783 bits per heavy atom. The summed E-state index contributed by atoms with van der Waals surface area (Å²) in [5.41, 5.74) is 4.00. The van der Waals surface area contributed by atoms with Crippen LogP contribution in [0.4, 0.5) is 0 Å². The highest BCUT2D eigenvalue weighted by molar-refractivity contribution is 5.69. The van der Waals surface area contributed by atoms with Crippen molar-refractivity contribution < 1.29 is 9.53 Å². The molecule has 0 heterocycles. The van der Waals surface area contributed by atoms with E-state index in [0.29, 0.717) is 35.5 Å². The fraction of sp³-hybridized carbons (Fsp3) is 0.841. The van der Waals surface area contributed by atoms with E-state index in [4.69, 9.17) is 4.74 Å². The molecule has 4 aliphatic carbocycles. The molecule has 262 valence electrons. The molecular formula is C44H74O2. The molecule has 0 spiro atoms. The lowest BCUT2D eigenvalue weighted by molar-refractivity contribution is -0.151. The molecule has 0 saturated heterocycles. The standard InChI is InChI=1S/C44H74O2/c1-8-9-10-11-12-13-14-15-16-17-18-19-20-21-42(45)46-37-28-30-43(6)36(32-37)24-25-38-40-27-26-39(44(40,7)31-29-41(38)43)35(5)23-22-34(4)33(2)3/h22-25,33-35,37,39-41H,8-21,26-32H2,1-7H3/b23-22+/t34-,35+,37-,39+,40-,41+,43-,44+/m0/s1. The van der Waals surface area contributed by atoms with Gasteiger partial charge in [-0.05, 0) is 91.3 Å². The second-order valence-corrected chi connectivity index (χ2v) is 17.3. The second kappa shape index (κ2) is 17.9. The van der Waals surface area contributed by atoms with Gasteiger partial charge in [0, 0.05) is 12.8 Å². The zero-order chi connectivity index (χ0) is 33.2. The molecule has 3 fully saturated rings. The van der Waals surface area contributed by atoms with E-state index in [9.17, 15) is 4.79 Å². The van der Waals surface area contributed by atoms with E-state index in [1.54, 1.807) is 11.1 Å². The predicted molar refractivity (Wildman–Crippen MR) is 198 cm³/mol. The van der Waals surface area contributed by atoms with Crippen molar-refractivity contribution in [2.24, 2.45) is 46.3 Å². The van der Waals surface area contributed by atoms with Crippen LogP contribution >= 0.6 is 0 Å². The van der Waals surface area contributed by atoms with Crippen LogP contribution in [0.3, 0.4) is 0 Å². The smallest absolute Gasteiger partial charge is 0.306 e. The minimum Gasteiger partial charge on any atom is -0.462 e. The third-order valence-corrected chi connectivity index (χ3v) is 13.8.